The van der Waals surface area contributed by atoms with Crippen molar-refractivity contribution in [3.05, 3.63) is 17.0 Å². The molecule has 0 aliphatic carbocycles. The van der Waals surface area contributed by atoms with Crippen LogP contribution >= 0.6 is 11.6 Å². The number of esters is 1. The monoisotopic (exact) mass is 243 g/mol. The molecule has 6 heteroatoms. The van der Waals surface area contributed by atoms with Gasteiger partial charge in [0.1, 0.15) is 23.8 Å². The third kappa shape index (κ3) is 3.06. The SMILES string of the molecule is COC(=O)CNc1ncnc(Cl)c1C(C)C. The van der Waals surface area contributed by atoms with Gasteiger partial charge in [-0.15, -0.1) is 0 Å². The smallest absolute Gasteiger partial charge is 0.325 e. The molecule has 1 N–H and O–H groups in total. The highest BCUT2D eigenvalue weighted by atomic mass is 35.5. The van der Waals surface area contributed by atoms with Gasteiger partial charge in [-0.05, 0) is 5.92 Å². The molecule has 0 amide bonds. The first-order chi connectivity index (χ1) is 7.56. The molecule has 0 spiro atoms. The van der Waals surface area contributed by atoms with Gasteiger partial charge in [-0.1, -0.05) is 25.4 Å². The third-order valence-corrected chi connectivity index (χ3v) is 2.34. The standard InChI is InChI=1S/C10H14ClN3O2/c1-6(2)8-9(11)13-5-14-10(8)12-4-7(15)16-3/h5-6H,4H2,1-3H3,(H,12,13,14). The van der Waals surface area contributed by atoms with Gasteiger partial charge >= 0.3 is 5.97 Å². The molecular weight excluding hydrogens is 230 g/mol. The Kier molecular flexibility index (Phi) is 4.49. The van der Waals surface area contributed by atoms with Crippen molar-refractivity contribution < 1.29 is 9.53 Å². The zero-order valence-corrected chi connectivity index (χ0v) is 10.2. The number of aromatic nitrogens is 2. The maximum atomic E-state index is 11.0. The van der Waals surface area contributed by atoms with Crippen molar-refractivity contribution in [1.29, 1.82) is 0 Å². The number of methoxy groups -OCH3 is 1. The second-order valence-corrected chi connectivity index (χ2v) is 3.87. The first-order valence-corrected chi connectivity index (χ1v) is 5.25. The zero-order valence-electron chi connectivity index (χ0n) is 9.45. The Bertz CT molecular complexity index is 382. The summed E-state index contributed by atoms with van der Waals surface area (Å²) in [4.78, 5) is 18.9. The minimum atomic E-state index is -0.357. The van der Waals surface area contributed by atoms with Gasteiger partial charge in [0, 0.05) is 5.56 Å². The number of ether oxygens (including phenoxy) is 1. The maximum absolute atomic E-state index is 11.0. The average Bonchev–Trinajstić information content (AvgIpc) is 2.25. The van der Waals surface area contributed by atoms with Crippen molar-refractivity contribution in [2.45, 2.75) is 19.8 Å². The van der Waals surface area contributed by atoms with Gasteiger partial charge in [-0.2, -0.15) is 0 Å². The average molecular weight is 244 g/mol. The summed E-state index contributed by atoms with van der Waals surface area (Å²) in [5.41, 5.74) is 0.799. The van der Waals surface area contributed by atoms with Crippen LogP contribution in [0, 0.1) is 0 Å². The summed E-state index contributed by atoms with van der Waals surface area (Å²) in [5, 5.41) is 3.28. The van der Waals surface area contributed by atoms with E-state index in [1.165, 1.54) is 13.4 Å². The predicted octanol–water partition coefficient (Wildman–Crippen LogP) is 1.84. The van der Waals surface area contributed by atoms with Crippen LogP contribution in [0.2, 0.25) is 5.15 Å². The minimum Gasteiger partial charge on any atom is -0.468 e. The minimum absolute atomic E-state index is 0.0591. The van der Waals surface area contributed by atoms with E-state index in [2.05, 4.69) is 20.0 Å². The van der Waals surface area contributed by atoms with E-state index < -0.39 is 0 Å². The lowest BCUT2D eigenvalue weighted by atomic mass is 10.1. The zero-order chi connectivity index (χ0) is 12.1. The lowest BCUT2D eigenvalue weighted by Crippen LogP contribution is -2.17. The highest BCUT2D eigenvalue weighted by molar-refractivity contribution is 6.30. The molecule has 1 heterocycles. The topological polar surface area (TPSA) is 64.1 Å². The molecule has 0 aliphatic heterocycles. The van der Waals surface area contributed by atoms with Gasteiger partial charge < -0.3 is 10.1 Å². The van der Waals surface area contributed by atoms with E-state index in [1.807, 2.05) is 13.8 Å². The summed E-state index contributed by atoms with van der Waals surface area (Å²) < 4.78 is 4.52. The molecule has 0 radical (unpaired) electrons. The van der Waals surface area contributed by atoms with Crippen LogP contribution in [0.3, 0.4) is 0 Å². The lowest BCUT2D eigenvalue weighted by Gasteiger charge is -2.13. The van der Waals surface area contributed by atoms with E-state index >= 15 is 0 Å². The van der Waals surface area contributed by atoms with Gasteiger partial charge in [0.15, 0.2) is 0 Å². The molecule has 88 valence electrons. The maximum Gasteiger partial charge on any atom is 0.325 e. The second kappa shape index (κ2) is 5.65. The fraction of sp³-hybridized carbons (Fsp3) is 0.500. The molecule has 0 fully saturated rings. The van der Waals surface area contributed by atoms with Crippen molar-refractivity contribution in [1.82, 2.24) is 9.97 Å². The van der Waals surface area contributed by atoms with Crippen LogP contribution in [0.5, 0.6) is 0 Å². The van der Waals surface area contributed by atoms with Gasteiger partial charge in [0.2, 0.25) is 0 Å². The number of rotatable bonds is 4. The van der Waals surface area contributed by atoms with E-state index in [0.717, 1.165) is 5.56 Å². The van der Waals surface area contributed by atoms with Gasteiger partial charge in [-0.25, -0.2) is 9.97 Å². The van der Waals surface area contributed by atoms with Crippen molar-refractivity contribution in [3.63, 3.8) is 0 Å². The van der Waals surface area contributed by atoms with Crippen LogP contribution in [0.4, 0.5) is 5.82 Å². The molecule has 1 rings (SSSR count). The first kappa shape index (κ1) is 12.7. The van der Waals surface area contributed by atoms with Crippen LogP contribution in [-0.4, -0.2) is 29.6 Å². The molecule has 0 aliphatic rings. The number of halogens is 1. The third-order valence-electron chi connectivity index (χ3n) is 2.04. The van der Waals surface area contributed by atoms with Crippen LogP contribution in [-0.2, 0) is 9.53 Å². The molecule has 0 aromatic carbocycles. The molecule has 0 saturated carbocycles. The molecule has 1 aromatic heterocycles. The van der Waals surface area contributed by atoms with E-state index in [9.17, 15) is 4.79 Å². The Morgan fingerprint density at radius 2 is 2.25 bits per heavy atom. The van der Waals surface area contributed by atoms with Gasteiger partial charge in [0.05, 0.1) is 7.11 Å². The number of hydrogen-bond acceptors (Lipinski definition) is 5. The lowest BCUT2D eigenvalue weighted by molar-refractivity contribution is -0.138. The molecule has 5 nitrogen and oxygen atoms in total. The Labute approximate surface area is 99.2 Å². The van der Waals surface area contributed by atoms with E-state index in [4.69, 9.17) is 11.6 Å². The van der Waals surface area contributed by atoms with Crippen molar-refractivity contribution in [2.24, 2.45) is 0 Å². The van der Waals surface area contributed by atoms with Gasteiger partial charge in [0.25, 0.3) is 0 Å². The molecule has 1 aromatic rings. The molecule has 0 atom stereocenters. The predicted molar refractivity (Wildman–Crippen MR) is 61.6 cm³/mol. The second-order valence-electron chi connectivity index (χ2n) is 3.51. The van der Waals surface area contributed by atoms with E-state index in [-0.39, 0.29) is 18.4 Å². The normalized spacial score (nSPS) is 10.3. The highest BCUT2D eigenvalue weighted by Crippen LogP contribution is 2.27. The number of nitrogens with zero attached hydrogens (tertiary/aromatic N) is 2. The largest absolute Gasteiger partial charge is 0.468 e. The Morgan fingerprint density at radius 3 is 2.81 bits per heavy atom. The first-order valence-electron chi connectivity index (χ1n) is 4.87. The summed E-state index contributed by atoms with van der Waals surface area (Å²) in [6, 6.07) is 0. The Hall–Kier alpha value is -1.36. The Balaban J connectivity index is 2.87. The number of nitrogens with one attached hydrogen (secondary N) is 1. The quantitative estimate of drug-likeness (QED) is 0.646. The molecule has 0 saturated heterocycles. The van der Waals surface area contributed by atoms with Crippen molar-refractivity contribution >= 4 is 23.4 Å². The highest BCUT2D eigenvalue weighted by Gasteiger charge is 2.14. The van der Waals surface area contributed by atoms with Crippen LogP contribution in [0.25, 0.3) is 0 Å². The number of hydrogen-bond donors (Lipinski definition) is 1. The fourth-order valence-corrected chi connectivity index (χ4v) is 1.61. The fourth-order valence-electron chi connectivity index (χ4n) is 1.25. The summed E-state index contributed by atoms with van der Waals surface area (Å²) in [6.07, 6.45) is 1.35. The van der Waals surface area contributed by atoms with Gasteiger partial charge in [-0.3, -0.25) is 4.79 Å². The molecule has 16 heavy (non-hydrogen) atoms. The summed E-state index contributed by atoms with van der Waals surface area (Å²) in [6.45, 7) is 4.02. The summed E-state index contributed by atoms with van der Waals surface area (Å²) >= 11 is 5.97. The van der Waals surface area contributed by atoms with Crippen LogP contribution < -0.4 is 5.32 Å². The summed E-state index contributed by atoms with van der Waals surface area (Å²) in [5.74, 6) is 0.388. The van der Waals surface area contributed by atoms with E-state index in [1.54, 1.807) is 0 Å². The van der Waals surface area contributed by atoms with Crippen LogP contribution in [0.1, 0.15) is 25.3 Å². The number of carbonyl (C=O) groups is 1. The van der Waals surface area contributed by atoms with Crippen LogP contribution in [0.15, 0.2) is 6.33 Å². The Morgan fingerprint density at radius 1 is 1.56 bits per heavy atom. The molecular formula is C10H14ClN3O2. The van der Waals surface area contributed by atoms with Crippen molar-refractivity contribution in [3.8, 4) is 0 Å². The number of anilines is 1. The number of carbonyl (C=O) groups excluding carboxylic acids is 1. The molecule has 0 unspecified atom stereocenters. The van der Waals surface area contributed by atoms with Crippen molar-refractivity contribution in [2.75, 3.05) is 19.0 Å². The van der Waals surface area contributed by atoms with E-state index in [0.29, 0.717) is 11.0 Å². The summed E-state index contributed by atoms with van der Waals surface area (Å²) in [7, 11) is 1.33. The molecule has 0 bridgehead atoms.